The van der Waals surface area contributed by atoms with Gasteiger partial charge in [-0.15, -0.1) is 11.3 Å². The standard InChI is InChI=1S/C16H20N2O2S/c1-10-5-7-11(8-6-10)13-12(9-18(2)3)21-15(17)14(13)16(19)20-4/h5-8H,9,17H2,1-4H3. The van der Waals surface area contributed by atoms with Crippen molar-refractivity contribution < 1.29 is 9.53 Å². The third-order valence-corrected chi connectivity index (χ3v) is 4.20. The minimum absolute atomic E-state index is 0.385. The van der Waals surface area contributed by atoms with Crippen molar-refractivity contribution in [2.75, 3.05) is 26.9 Å². The van der Waals surface area contributed by atoms with E-state index in [2.05, 4.69) is 4.90 Å². The van der Waals surface area contributed by atoms with E-state index in [4.69, 9.17) is 10.5 Å². The number of nitrogens with two attached hydrogens (primary N) is 1. The van der Waals surface area contributed by atoms with E-state index in [1.54, 1.807) is 0 Å². The number of benzene rings is 1. The summed E-state index contributed by atoms with van der Waals surface area (Å²) < 4.78 is 4.90. The van der Waals surface area contributed by atoms with Crippen LogP contribution in [0.25, 0.3) is 11.1 Å². The Hall–Kier alpha value is -1.85. The largest absolute Gasteiger partial charge is 0.465 e. The molecule has 0 saturated carbocycles. The Labute approximate surface area is 129 Å². The third-order valence-electron chi connectivity index (χ3n) is 3.20. The summed E-state index contributed by atoms with van der Waals surface area (Å²) in [4.78, 5) is 15.2. The first-order valence-electron chi connectivity index (χ1n) is 6.65. The number of ether oxygens (including phenoxy) is 1. The van der Waals surface area contributed by atoms with Gasteiger partial charge in [0.25, 0.3) is 0 Å². The van der Waals surface area contributed by atoms with Gasteiger partial charge in [-0.05, 0) is 26.6 Å². The van der Waals surface area contributed by atoms with Gasteiger partial charge in [-0.2, -0.15) is 0 Å². The molecule has 0 saturated heterocycles. The van der Waals surface area contributed by atoms with Crippen LogP contribution in [-0.4, -0.2) is 32.1 Å². The number of thiophene rings is 1. The molecular formula is C16H20N2O2S. The van der Waals surface area contributed by atoms with Crippen molar-refractivity contribution in [3.05, 3.63) is 40.3 Å². The molecule has 1 aromatic heterocycles. The summed E-state index contributed by atoms with van der Waals surface area (Å²) in [5.41, 5.74) is 9.59. The van der Waals surface area contributed by atoms with E-state index in [9.17, 15) is 4.79 Å². The summed E-state index contributed by atoms with van der Waals surface area (Å²) in [5, 5.41) is 0.509. The van der Waals surface area contributed by atoms with Gasteiger partial charge >= 0.3 is 5.97 Å². The quantitative estimate of drug-likeness (QED) is 0.882. The van der Waals surface area contributed by atoms with Gasteiger partial charge in [-0.25, -0.2) is 4.79 Å². The number of nitrogen functional groups attached to an aromatic ring is 1. The average molecular weight is 304 g/mol. The molecule has 4 nitrogen and oxygen atoms in total. The summed E-state index contributed by atoms with van der Waals surface area (Å²) in [5.74, 6) is -0.385. The highest BCUT2D eigenvalue weighted by Crippen LogP contribution is 2.39. The molecule has 1 heterocycles. The monoisotopic (exact) mass is 304 g/mol. The fourth-order valence-corrected chi connectivity index (χ4v) is 3.42. The van der Waals surface area contributed by atoms with Crippen LogP contribution >= 0.6 is 11.3 Å². The van der Waals surface area contributed by atoms with Crippen LogP contribution in [0.4, 0.5) is 5.00 Å². The maximum Gasteiger partial charge on any atom is 0.341 e. The van der Waals surface area contributed by atoms with Crippen LogP contribution in [-0.2, 0) is 11.3 Å². The first-order valence-corrected chi connectivity index (χ1v) is 7.47. The second-order valence-electron chi connectivity index (χ2n) is 5.23. The number of methoxy groups -OCH3 is 1. The maximum absolute atomic E-state index is 12.1. The van der Waals surface area contributed by atoms with Gasteiger partial charge in [0.05, 0.1) is 7.11 Å². The molecule has 5 heteroatoms. The van der Waals surface area contributed by atoms with Gasteiger partial charge in [0.2, 0.25) is 0 Å². The number of carbonyl (C=O) groups excluding carboxylic acids is 1. The molecule has 0 radical (unpaired) electrons. The molecule has 0 spiro atoms. The fraction of sp³-hybridized carbons (Fsp3) is 0.312. The van der Waals surface area contributed by atoms with E-state index in [1.807, 2.05) is 45.3 Å². The topological polar surface area (TPSA) is 55.6 Å². The molecule has 112 valence electrons. The highest BCUT2D eigenvalue weighted by Gasteiger charge is 2.24. The van der Waals surface area contributed by atoms with E-state index in [1.165, 1.54) is 24.0 Å². The number of nitrogens with zero attached hydrogens (tertiary/aromatic N) is 1. The number of rotatable bonds is 4. The van der Waals surface area contributed by atoms with E-state index < -0.39 is 0 Å². The molecule has 0 aliphatic rings. The van der Waals surface area contributed by atoms with Crippen molar-refractivity contribution in [3.63, 3.8) is 0 Å². The van der Waals surface area contributed by atoms with Gasteiger partial charge in [-0.3, -0.25) is 0 Å². The van der Waals surface area contributed by atoms with Crippen LogP contribution in [0.15, 0.2) is 24.3 Å². The van der Waals surface area contributed by atoms with Crippen LogP contribution in [0.2, 0.25) is 0 Å². The Bertz CT molecular complexity index is 645. The van der Waals surface area contributed by atoms with Gasteiger partial charge in [0, 0.05) is 17.0 Å². The fourth-order valence-electron chi connectivity index (χ4n) is 2.23. The Morgan fingerprint density at radius 3 is 2.43 bits per heavy atom. The number of anilines is 1. The van der Waals surface area contributed by atoms with Gasteiger partial charge in [-0.1, -0.05) is 29.8 Å². The number of carbonyl (C=O) groups is 1. The van der Waals surface area contributed by atoms with Crippen LogP contribution in [0.3, 0.4) is 0 Å². The lowest BCUT2D eigenvalue weighted by Gasteiger charge is -2.11. The molecule has 0 unspecified atom stereocenters. The Morgan fingerprint density at radius 2 is 1.90 bits per heavy atom. The SMILES string of the molecule is COC(=O)c1c(N)sc(CN(C)C)c1-c1ccc(C)cc1. The summed E-state index contributed by atoms with van der Waals surface area (Å²) >= 11 is 1.45. The van der Waals surface area contributed by atoms with Crippen LogP contribution in [0, 0.1) is 6.92 Å². The van der Waals surface area contributed by atoms with Crippen molar-refractivity contribution in [1.82, 2.24) is 4.90 Å². The lowest BCUT2D eigenvalue weighted by molar-refractivity contribution is 0.0603. The predicted octanol–water partition coefficient (Wildman–Crippen LogP) is 3.15. The van der Waals surface area contributed by atoms with E-state index >= 15 is 0 Å². The molecule has 0 amide bonds. The predicted molar refractivity (Wildman–Crippen MR) is 87.6 cm³/mol. The molecule has 0 aliphatic carbocycles. The highest BCUT2D eigenvalue weighted by molar-refractivity contribution is 7.17. The number of esters is 1. The van der Waals surface area contributed by atoms with Crippen LogP contribution in [0.1, 0.15) is 20.8 Å². The molecule has 0 atom stereocenters. The Morgan fingerprint density at radius 1 is 1.29 bits per heavy atom. The molecule has 21 heavy (non-hydrogen) atoms. The van der Waals surface area contributed by atoms with Crippen molar-refractivity contribution in [2.24, 2.45) is 0 Å². The average Bonchev–Trinajstić information content (AvgIpc) is 2.74. The Balaban J connectivity index is 2.63. The van der Waals surface area contributed by atoms with Gasteiger partial charge < -0.3 is 15.4 Å². The maximum atomic E-state index is 12.1. The zero-order valence-corrected chi connectivity index (χ0v) is 13.6. The van der Waals surface area contributed by atoms with Crippen molar-refractivity contribution in [3.8, 4) is 11.1 Å². The summed E-state index contributed by atoms with van der Waals surface area (Å²) in [6, 6.07) is 8.10. The highest BCUT2D eigenvalue weighted by atomic mass is 32.1. The first-order chi connectivity index (χ1) is 9.93. The van der Waals surface area contributed by atoms with Crippen LogP contribution < -0.4 is 5.73 Å². The number of hydrogen-bond acceptors (Lipinski definition) is 5. The van der Waals surface area contributed by atoms with Crippen LogP contribution in [0.5, 0.6) is 0 Å². The normalized spacial score (nSPS) is 10.9. The second kappa shape index (κ2) is 6.28. The second-order valence-corrected chi connectivity index (χ2v) is 6.37. The van der Waals surface area contributed by atoms with Crippen molar-refractivity contribution in [2.45, 2.75) is 13.5 Å². The number of aryl methyl sites for hydroxylation is 1. The lowest BCUT2D eigenvalue weighted by Crippen LogP contribution is -2.11. The zero-order chi connectivity index (χ0) is 15.6. The van der Waals surface area contributed by atoms with Crippen molar-refractivity contribution in [1.29, 1.82) is 0 Å². The first kappa shape index (κ1) is 15.5. The van der Waals surface area contributed by atoms with Crippen molar-refractivity contribution >= 4 is 22.3 Å². The smallest absolute Gasteiger partial charge is 0.341 e. The molecule has 2 N–H and O–H groups in total. The molecule has 2 rings (SSSR count). The minimum Gasteiger partial charge on any atom is -0.465 e. The molecule has 0 bridgehead atoms. The minimum atomic E-state index is -0.385. The summed E-state index contributed by atoms with van der Waals surface area (Å²) in [6.07, 6.45) is 0. The molecule has 0 aliphatic heterocycles. The number of hydrogen-bond donors (Lipinski definition) is 1. The van der Waals surface area contributed by atoms with Gasteiger partial charge in [0.1, 0.15) is 10.6 Å². The molecule has 1 aromatic carbocycles. The van der Waals surface area contributed by atoms with Gasteiger partial charge in [0.15, 0.2) is 0 Å². The summed E-state index contributed by atoms with van der Waals surface area (Å²) in [6.45, 7) is 2.77. The van der Waals surface area contributed by atoms with E-state index in [0.717, 1.165) is 22.5 Å². The zero-order valence-electron chi connectivity index (χ0n) is 12.8. The Kier molecular flexibility index (Phi) is 4.65. The van der Waals surface area contributed by atoms with E-state index in [-0.39, 0.29) is 5.97 Å². The van der Waals surface area contributed by atoms with E-state index in [0.29, 0.717) is 10.6 Å². The molecule has 0 fully saturated rings. The summed E-state index contributed by atoms with van der Waals surface area (Å²) in [7, 11) is 5.36. The molecular weight excluding hydrogens is 284 g/mol. The lowest BCUT2D eigenvalue weighted by atomic mass is 10.00. The molecule has 2 aromatic rings. The third kappa shape index (κ3) is 3.25.